The van der Waals surface area contributed by atoms with Crippen molar-refractivity contribution in [2.24, 2.45) is 0 Å². The third-order valence-corrected chi connectivity index (χ3v) is 6.72. The van der Waals surface area contributed by atoms with Gasteiger partial charge < -0.3 is 14.5 Å². The van der Waals surface area contributed by atoms with E-state index in [-0.39, 0.29) is 17.6 Å². The van der Waals surface area contributed by atoms with Gasteiger partial charge in [-0.2, -0.15) is 5.10 Å². The number of ether oxygens (including phenoxy) is 1. The van der Waals surface area contributed by atoms with Gasteiger partial charge in [-0.25, -0.2) is 9.48 Å². The summed E-state index contributed by atoms with van der Waals surface area (Å²) >= 11 is 1.55. The fourth-order valence-corrected chi connectivity index (χ4v) is 4.97. The molecule has 0 unspecified atom stereocenters. The zero-order valence-corrected chi connectivity index (χ0v) is 18.1. The molecule has 1 aliphatic rings. The van der Waals surface area contributed by atoms with Crippen LogP contribution in [-0.2, 0) is 9.53 Å². The SMILES string of the molecule is CCOC(=O)N1CCN(C(=O)[C@H](C)n2nc(C)c3sc4ccccc4c3c2=O)CC1. The summed E-state index contributed by atoms with van der Waals surface area (Å²) in [6.45, 7) is 7.28. The topological polar surface area (TPSA) is 84.7 Å². The minimum atomic E-state index is -0.728. The van der Waals surface area contributed by atoms with E-state index in [4.69, 9.17) is 4.74 Å². The van der Waals surface area contributed by atoms with E-state index in [1.165, 1.54) is 4.68 Å². The molecule has 1 aliphatic heterocycles. The van der Waals surface area contributed by atoms with Crippen LogP contribution in [-0.4, -0.2) is 64.4 Å². The van der Waals surface area contributed by atoms with E-state index in [0.29, 0.717) is 38.2 Å². The molecule has 0 spiro atoms. The highest BCUT2D eigenvalue weighted by Gasteiger charge is 2.30. The minimum Gasteiger partial charge on any atom is -0.450 e. The number of aryl methyl sites for hydroxylation is 1. The lowest BCUT2D eigenvalue weighted by Gasteiger charge is -2.35. The lowest BCUT2D eigenvalue weighted by atomic mass is 10.2. The summed E-state index contributed by atoms with van der Waals surface area (Å²) < 4.78 is 8.21. The van der Waals surface area contributed by atoms with E-state index in [1.54, 1.807) is 35.0 Å². The fraction of sp³-hybridized carbons (Fsp3) is 0.429. The summed E-state index contributed by atoms with van der Waals surface area (Å²) in [6, 6.07) is 7.04. The molecule has 4 rings (SSSR count). The molecule has 2 amide bonds. The van der Waals surface area contributed by atoms with Crippen LogP contribution in [0.3, 0.4) is 0 Å². The molecule has 1 fully saturated rings. The molecule has 3 aromatic rings. The van der Waals surface area contributed by atoms with E-state index in [1.807, 2.05) is 31.2 Å². The van der Waals surface area contributed by atoms with Gasteiger partial charge >= 0.3 is 6.09 Å². The van der Waals surface area contributed by atoms with Crippen molar-refractivity contribution >= 4 is 43.5 Å². The molecule has 0 N–H and O–H groups in total. The molecule has 0 saturated carbocycles. The predicted molar refractivity (Wildman–Crippen MR) is 116 cm³/mol. The molecular weight excluding hydrogens is 404 g/mol. The first kappa shape index (κ1) is 20.3. The van der Waals surface area contributed by atoms with Gasteiger partial charge in [-0.05, 0) is 26.8 Å². The number of carbonyl (C=O) groups is 2. The maximum Gasteiger partial charge on any atom is 0.409 e. The number of amides is 2. The monoisotopic (exact) mass is 428 g/mol. The van der Waals surface area contributed by atoms with Gasteiger partial charge in [0.05, 0.1) is 22.4 Å². The van der Waals surface area contributed by atoms with Gasteiger partial charge in [0, 0.05) is 36.3 Å². The Morgan fingerprint density at radius 2 is 1.83 bits per heavy atom. The lowest BCUT2D eigenvalue weighted by molar-refractivity contribution is -0.136. The van der Waals surface area contributed by atoms with Crippen LogP contribution in [0.25, 0.3) is 20.2 Å². The van der Waals surface area contributed by atoms with Gasteiger partial charge in [0.25, 0.3) is 5.56 Å². The van der Waals surface area contributed by atoms with Gasteiger partial charge in [0.15, 0.2) is 0 Å². The standard InChI is InChI=1S/C21H24N4O4S/c1-4-29-21(28)24-11-9-23(10-12-24)19(26)14(3)25-20(27)17-15-7-5-6-8-16(15)30-18(17)13(2)22-25/h5-8,14H,4,9-12H2,1-3H3/t14-/m0/s1. The number of rotatable bonds is 3. The summed E-state index contributed by atoms with van der Waals surface area (Å²) in [4.78, 5) is 41.5. The summed E-state index contributed by atoms with van der Waals surface area (Å²) in [5.74, 6) is -0.175. The number of fused-ring (bicyclic) bond motifs is 3. The van der Waals surface area contributed by atoms with Crippen molar-refractivity contribution in [1.82, 2.24) is 19.6 Å². The number of carbonyl (C=O) groups excluding carboxylic acids is 2. The highest BCUT2D eigenvalue weighted by molar-refractivity contribution is 7.26. The lowest BCUT2D eigenvalue weighted by Crippen LogP contribution is -2.52. The maximum atomic E-state index is 13.3. The van der Waals surface area contributed by atoms with Crippen molar-refractivity contribution in [3.8, 4) is 0 Å². The van der Waals surface area contributed by atoms with E-state index in [0.717, 1.165) is 20.5 Å². The molecule has 2 aromatic heterocycles. The number of thiophene rings is 1. The van der Waals surface area contributed by atoms with Crippen LogP contribution in [0.4, 0.5) is 4.79 Å². The second-order valence-corrected chi connectivity index (χ2v) is 8.38. The van der Waals surface area contributed by atoms with Gasteiger partial charge in [0.1, 0.15) is 6.04 Å². The quantitative estimate of drug-likeness (QED) is 0.640. The van der Waals surface area contributed by atoms with Crippen molar-refractivity contribution in [2.45, 2.75) is 26.8 Å². The molecule has 3 heterocycles. The summed E-state index contributed by atoms with van der Waals surface area (Å²) in [5.41, 5.74) is 0.483. The normalized spacial score (nSPS) is 15.6. The predicted octanol–water partition coefficient (Wildman–Crippen LogP) is 2.78. The Balaban J connectivity index is 1.60. The van der Waals surface area contributed by atoms with Crippen LogP contribution in [0.2, 0.25) is 0 Å². The second kappa shape index (κ2) is 8.06. The molecular formula is C21H24N4O4S. The smallest absolute Gasteiger partial charge is 0.409 e. The minimum absolute atomic E-state index is 0.175. The van der Waals surface area contributed by atoms with Gasteiger partial charge in [-0.1, -0.05) is 18.2 Å². The average molecular weight is 429 g/mol. The zero-order chi connectivity index (χ0) is 21.4. The molecule has 8 nitrogen and oxygen atoms in total. The molecule has 0 aliphatic carbocycles. The zero-order valence-electron chi connectivity index (χ0n) is 17.3. The van der Waals surface area contributed by atoms with Gasteiger partial charge in [0.2, 0.25) is 5.91 Å². The Kier molecular flexibility index (Phi) is 5.46. The van der Waals surface area contributed by atoms with Crippen molar-refractivity contribution in [3.63, 3.8) is 0 Å². The first-order valence-corrected chi connectivity index (χ1v) is 10.8. The molecule has 1 atom stereocenters. The Bertz CT molecular complexity index is 1180. The van der Waals surface area contributed by atoms with Gasteiger partial charge in [-0.3, -0.25) is 9.59 Å². The number of benzene rings is 1. The van der Waals surface area contributed by atoms with Crippen LogP contribution >= 0.6 is 11.3 Å². The molecule has 158 valence electrons. The summed E-state index contributed by atoms with van der Waals surface area (Å²) in [6.07, 6.45) is -0.360. The Morgan fingerprint density at radius 3 is 2.53 bits per heavy atom. The Morgan fingerprint density at radius 1 is 1.17 bits per heavy atom. The van der Waals surface area contributed by atoms with Crippen molar-refractivity contribution in [3.05, 3.63) is 40.3 Å². The molecule has 1 aromatic carbocycles. The number of hydrogen-bond acceptors (Lipinski definition) is 6. The fourth-order valence-electron chi connectivity index (χ4n) is 3.84. The number of hydrogen-bond donors (Lipinski definition) is 0. The van der Waals surface area contributed by atoms with E-state index < -0.39 is 6.04 Å². The summed E-state index contributed by atoms with van der Waals surface area (Å²) in [7, 11) is 0. The van der Waals surface area contributed by atoms with Crippen LogP contribution in [0.15, 0.2) is 29.1 Å². The number of aromatic nitrogens is 2. The molecule has 30 heavy (non-hydrogen) atoms. The molecule has 1 saturated heterocycles. The average Bonchev–Trinajstić information content (AvgIpc) is 3.16. The van der Waals surface area contributed by atoms with Gasteiger partial charge in [-0.15, -0.1) is 11.3 Å². The van der Waals surface area contributed by atoms with Crippen molar-refractivity contribution < 1.29 is 14.3 Å². The second-order valence-electron chi connectivity index (χ2n) is 7.32. The third-order valence-electron chi connectivity index (χ3n) is 5.45. The third kappa shape index (κ3) is 3.43. The van der Waals surface area contributed by atoms with E-state index in [9.17, 15) is 14.4 Å². The van der Waals surface area contributed by atoms with Crippen LogP contribution < -0.4 is 5.56 Å². The first-order chi connectivity index (χ1) is 14.4. The van der Waals surface area contributed by atoms with Crippen molar-refractivity contribution in [2.75, 3.05) is 32.8 Å². The molecule has 9 heteroatoms. The molecule has 0 bridgehead atoms. The maximum absolute atomic E-state index is 13.3. The first-order valence-electron chi connectivity index (χ1n) is 10.0. The van der Waals surface area contributed by atoms with E-state index in [2.05, 4.69) is 5.10 Å². The number of piperazine rings is 1. The largest absolute Gasteiger partial charge is 0.450 e. The highest BCUT2D eigenvalue weighted by atomic mass is 32.1. The van der Waals surface area contributed by atoms with Crippen LogP contribution in [0, 0.1) is 6.92 Å². The Labute approximate surface area is 177 Å². The van der Waals surface area contributed by atoms with E-state index >= 15 is 0 Å². The molecule has 0 radical (unpaired) electrons. The van der Waals surface area contributed by atoms with Crippen LogP contribution in [0.5, 0.6) is 0 Å². The van der Waals surface area contributed by atoms with Crippen molar-refractivity contribution in [1.29, 1.82) is 0 Å². The highest BCUT2D eigenvalue weighted by Crippen LogP contribution is 2.33. The van der Waals surface area contributed by atoms with Crippen LogP contribution in [0.1, 0.15) is 25.6 Å². The number of nitrogens with zero attached hydrogens (tertiary/aromatic N) is 4. The summed E-state index contributed by atoms with van der Waals surface area (Å²) in [5, 5.41) is 5.98. The Hall–Kier alpha value is -2.94.